The van der Waals surface area contributed by atoms with Gasteiger partial charge in [-0.25, -0.2) is 9.48 Å². The average Bonchev–Trinajstić information content (AvgIpc) is 2.75. The highest BCUT2D eigenvalue weighted by Crippen LogP contribution is 2.36. The minimum atomic E-state index is -4.78. The lowest BCUT2D eigenvalue weighted by molar-refractivity contribution is -0.141. The number of aromatic carboxylic acids is 1. The molecule has 21 heavy (non-hydrogen) atoms. The van der Waals surface area contributed by atoms with E-state index in [4.69, 9.17) is 16.7 Å². The number of aliphatic hydroxyl groups excluding tert-OH is 1. The Bertz CT molecular complexity index is 698. The Morgan fingerprint density at radius 1 is 1.38 bits per heavy atom. The summed E-state index contributed by atoms with van der Waals surface area (Å²) in [6.07, 6.45) is -4.78. The lowest BCUT2D eigenvalue weighted by Gasteiger charge is -2.06. The van der Waals surface area contributed by atoms with Crippen LogP contribution in [0.25, 0.3) is 5.69 Å². The number of carboxylic acids is 1. The van der Waals surface area contributed by atoms with Crippen molar-refractivity contribution in [1.29, 1.82) is 0 Å². The zero-order valence-corrected chi connectivity index (χ0v) is 11.0. The summed E-state index contributed by atoms with van der Waals surface area (Å²) in [5, 5.41) is 20.7. The van der Waals surface area contributed by atoms with E-state index in [2.05, 4.69) is 5.10 Å². The molecular formula is C12H8ClF3N2O3. The molecule has 0 fully saturated rings. The van der Waals surface area contributed by atoms with E-state index in [1.807, 2.05) is 0 Å². The molecule has 2 rings (SSSR count). The third-order valence-electron chi connectivity index (χ3n) is 2.67. The summed E-state index contributed by atoms with van der Waals surface area (Å²) in [5.74, 6) is -1.24. The molecule has 1 aromatic heterocycles. The molecule has 1 aromatic carbocycles. The van der Waals surface area contributed by atoms with Crippen LogP contribution in [0.3, 0.4) is 0 Å². The van der Waals surface area contributed by atoms with Crippen LogP contribution in [-0.4, -0.2) is 26.0 Å². The fourth-order valence-corrected chi connectivity index (χ4v) is 2.02. The molecule has 0 aliphatic rings. The number of benzene rings is 1. The number of aromatic nitrogens is 2. The van der Waals surface area contributed by atoms with Gasteiger partial charge < -0.3 is 10.2 Å². The maximum Gasteiger partial charge on any atom is 0.436 e. The number of hydrogen-bond donors (Lipinski definition) is 2. The van der Waals surface area contributed by atoms with E-state index in [1.54, 1.807) is 0 Å². The average molecular weight is 321 g/mol. The van der Waals surface area contributed by atoms with Crippen molar-refractivity contribution in [2.24, 2.45) is 0 Å². The van der Waals surface area contributed by atoms with Gasteiger partial charge in [0.2, 0.25) is 0 Å². The summed E-state index contributed by atoms with van der Waals surface area (Å²) in [7, 11) is 0. The standard InChI is InChI=1S/C12H8ClF3N2O3/c13-9-8(5-19)18(17-10(9)12(14,15)16)7-3-1-2-6(4-7)11(20)21/h1-4,19H,5H2,(H,20,21). The van der Waals surface area contributed by atoms with Gasteiger partial charge in [0.1, 0.15) is 0 Å². The van der Waals surface area contributed by atoms with Crippen LogP contribution in [0.4, 0.5) is 13.2 Å². The molecule has 112 valence electrons. The van der Waals surface area contributed by atoms with Crippen LogP contribution < -0.4 is 0 Å². The Morgan fingerprint density at radius 3 is 2.57 bits per heavy atom. The first-order valence-corrected chi connectivity index (χ1v) is 5.92. The molecule has 0 aliphatic heterocycles. The van der Waals surface area contributed by atoms with Gasteiger partial charge >= 0.3 is 12.1 Å². The smallest absolute Gasteiger partial charge is 0.436 e. The fraction of sp³-hybridized carbons (Fsp3) is 0.167. The van der Waals surface area contributed by atoms with Gasteiger partial charge in [0.25, 0.3) is 0 Å². The van der Waals surface area contributed by atoms with Crippen LogP contribution in [0, 0.1) is 0 Å². The first-order chi connectivity index (χ1) is 9.75. The van der Waals surface area contributed by atoms with Crippen molar-refractivity contribution in [3.63, 3.8) is 0 Å². The number of halogens is 4. The van der Waals surface area contributed by atoms with Crippen molar-refractivity contribution < 1.29 is 28.2 Å². The molecular weight excluding hydrogens is 313 g/mol. The molecule has 0 spiro atoms. The third-order valence-corrected chi connectivity index (χ3v) is 3.07. The monoisotopic (exact) mass is 320 g/mol. The topological polar surface area (TPSA) is 75.3 Å². The highest BCUT2D eigenvalue weighted by atomic mass is 35.5. The number of alkyl halides is 3. The molecule has 0 aliphatic carbocycles. The molecule has 0 atom stereocenters. The predicted octanol–water partition coefficient (Wildman–Crippen LogP) is 2.74. The van der Waals surface area contributed by atoms with Gasteiger partial charge in [-0.2, -0.15) is 18.3 Å². The summed E-state index contributed by atoms with van der Waals surface area (Å²) >= 11 is 5.59. The van der Waals surface area contributed by atoms with E-state index in [0.717, 1.165) is 10.7 Å². The Labute approximate surface area is 121 Å². The largest absolute Gasteiger partial charge is 0.478 e. The highest BCUT2D eigenvalue weighted by Gasteiger charge is 2.39. The van der Waals surface area contributed by atoms with Crippen molar-refractivity contribution in [3.05, 3.63) is 46.2 Å². The minimum Gasteiger partial charge on any atom is -0.478 e. The second kappa shape index (κ2) is 5.38. The Kier molecular flexibility index (Phi) is 3.93. The Hall–Kier alpha value is -2.06. The third kappa shape index (κ3) is 2.86. The first-order valence-electron chi connectivity index (χ1n) is 5.55. The van der Waals surface area contributed by atoms with Crippen molar-refractivity contribution >= 4 is 17.6 Å². The molecule has 0 saturated heterocycles. The van der Waals surface area contributed by atoms with Crippen LogP contribution >= 0.6 is 11.6 Å². The number of carbonyl (C=O) groups is 1. The summed E-state index contributed by atoms with van der Waals surface area (Å²) in [5.41, 5.74) is -1.69. The van der Waals surface area contributed by atoms with Gasteiger partial charge in [-0.1, -0.05) is 17.7 Å². The normalized spacial score (nSPS) is 11.7. The zero-order valence-electron chi connectivity index (χ0n) is 10.2. The van der Waals surface area contributed by atoms with Gasteiger partial charge in [0.05, 0.1) is 28.6 Å². The molecule has 2 aromatic rings. The lowest BCUT2D eigenvalue weighted by Crippen LogP contribution is -2.08. The van der Waals surface area contributed by atoms with Gasteiger partial charge in [0, 0.05) is 0 Å². The SMILES string of the molecule is O=C(O)c1cccc(-n2nc(C(F)(F)F)c(Cl)c2CO)c1. The summed E-state index contributed by atoms with van der Waals surface area (Å²) in [4.78, 5) is 10.9. The molecule has 5 nitrogen and oxygen atoms in total. The van der Waals surface area contributed by atoms with Crippen LogP contribution in [0.5, 0.6) is 0 Å². The van der Waals surface area contributed by atoms with Crippen molar-refractivity contribution in [3.8, 4) is 5.69 Å². The first kappa shape index (κ1) is 15.3. The van der Waals surface area contributed by atoms with Crippen molar-refractivity contribution in [2.75, 3.05) is 0 Å². The van der Waals surface area contributed by atoms with E-state index < -0.39 is 29.5 Å². The van der Waals surface area contributed by atoms with Crippen LogP contribution in [-0.2, 0) is 12.8 Å². The zero-order chi connectivity index (χ0) is 15.8. The Morgan fingerprint density at radius 2 is 2.05 bits per heavy atom. The molecule has 9 heteroatoms. The molecule has 0 unspecified atom stereocenters. The molecule has 0 saturated carbocycles. The van der Waals surface area contributed by atoms with E-state index >= 15 is 0 Å². The lowest BCUT2D eigenvalue weighted by atomic mass is 10.2. The fourth-order valence-electron chi connectivity index (χ4n) is 1.74. The van der Waals surface area contributed by atoms with Gasteiger partial charge in [-0.3, -0.25) is 0 Å². The van der Waals surface area contributed by atoms with E-state index in [-0.39, 0.29) is 16.9 Å². The molecule has 0 amide bonds. The second-order valence-electron chi connectivity index (χ2n) is 4.03. The molecule has 1 heterocycles. The van der Waals surface area contributed by atoms with Crippen molar-refractivity contribution in [1.82, 2.24) is 9.78 Å². The van der Waals surface area contributed by atoms with Gasteiger partial charge in [0.15, 0.2) is 5.69 Å². The van der Waals surface area contributed by atoms with Crippen LogP contribution in [0.15, 0.2) is 24.3 Å². The summed E-state index contributed by atoms with van der Waals surface area (Å²) in [6, 6.07) is 5.11. The maximum absolute atomic E-state index is 12.8. The highest BCUT2D eigenvalue weighted by molar-refractivity contribution is 6.32. The van der Waals surface area contributed by atoms with Crippen molar-refractivity contribution in [2.45, 2.75) is 12.8 Å². The van der Waals surface area contributed by atoms with E-state index in [1.165, 1.54) is 18.2 Å². The molecule has 0 radical (unpaired) electrons. The van der Waals surface area contributed by atoms with E-state index in [0.29, 0.717) is 0 Å². The number of carboxylic acid groups (broad SMARTS) is 1. The minimum absolute atomic E-state index is 0.0522. The number of aliphatic hydroxyl groups is 1. The summed E-state index contributed by atoms with van der Waals surface area (Å²) < 4.78 is 39.1. The second-order valence-corrected chi connectivity index (χ2v) is 4.41. The number of nitrogens with zero attached hydrogens (tertiary/aromatic N) is 2. The van der Waals surface area contributed by atoms with Gasteiger partial charge in [-0.15, -0.1) is 0 Å². The number of hydrogen-bond acceptors (Lipinski definition) is 3. The quantitative estimate of drug-likeness (QED) is 0.912. The van der Waals surface area contributed by atoms with Crippen LogP contribution in [0.1, 0.15) is 21.7 Å². The molecule has 0 bridgehead atoms. The number of rotatable bonds is 3. The Balaban J connectivity index is 2.64. The van der Waals surface area contributed by atoms with Crippen LogP contribution in [0.2, 0.25) is 5.02 Å². The molecule has 2 N–H and O–H groups in total. The maximum atomic E-state index is 12.8. The van der Waals surface area contributed by atoms with E-state index in [9.17, 15) is 23.1 Å². The van der Waals surface area contributed by atoms with Gasteiger partial charge in [-0.05, 0) is 18.2 Å². The predicted molar refractivity (Wildman–Crippen MR) is 66.5 cm³/mol. The summed E-state index contributed by atoms with van der Waals surface area (Å²) in [6.45, 7) is -0.779.